The molecule has 1 unspecified atom stereocenters. The lowest BCUT2D eigenvalue weighted by molar-refractivity contribution is 0.0152. The van der Waals surface area contributed by atoms with Gasteiger partial charge in [0.05, 0.1) is 19.1 Å². The number of nitrogens with zero attached hydrogens (tertiary/aromatic N) is 2. The second-order valence-corrected chi connectivity index (χ2v) is 11.2. The molecule has 2 aromatic carbocycles. The molecule has 8 nitrogen and oxygen atoms in total. The number of methoxy groups -OCH3 is 2. The number of amides is 1. The minimum atomic E-state index is -3.87. The van der Waals surface area contributed by atoms with Crippen molar-refractivity contribution < 1.29 is 27.4 Å². The molecule has 1 aliphatic heterocycles. The van der Waals surface area contributed by atoms with Crippen LogP contribution in [0.1, 0.15) is 39.2 Å². The summed E-state index contributed by atoms with van der Waals surface area (Å²) < 4.78 is 45.2. The van der Waals surface area contributed by atoms with E-state index in [-0.39, 0.29) is 18.0 Å². The molecule has 1 amide bonds. The van der Waals surface area contributed by atoms with Crippen molar-refractivity contribution in [1.29, 1.82) is 0 Å². The summed E-state index contributed by atoms with van der Waals surface area (Å²) in [5.74, 6) is 1.23. The molecule has 9 heteroatoms. The van der Waals surface area contributed by atoms with Gasteiger partial charge < -0.3 is 19.1 Å². The van der Waals surface area contributed by atoms with Gasteiger partial charge >= 0.3 is 6.09 Å². The maximum atomic E-state index is 13.8. The summed E-state index contributed by atoms with van der Waals surface area (Å²) in [5.41, 5.74) is 0.172. The Labute approximate surface area is 202 Å². The van der Waals surface area contributed by atoms with E-state index < -0.39 is 27.8 Å². The Morgan fingerprint density at radius 1 is 1.06 bits per heavy atom. The normalized spacial score (nSPS) is 16.9. The summed E-state index contributed by atoms with van der Waals surface area (Å²) in [5, 5.41) is 0. The Bertz CT molecular complexity index is 1080. The number of hydrogen-bond donors (Lipinski definition) is 0. The van der Waals surface area contributed by atoms with Crippen molar-refractivity contribution >= 4 is 16.1 Å². The molecular formula is C25H34N2O6S. The first-order chi connectivity index (χ1) is 16.0. The van der Waals surface area contributed by atoms with E-state index in [1.165, 1.54) is 11.4 Å². The minimum Gasteiger partial charge on any atom is -0.497 e. The number of carbonyl (C=O) groups excluding carboxylic acids is 1. The molecule has 0 bridgehead atoms. The lowest BCUT2D eigenvalue weighted by Gasteiger charge is -2.39. The molecule has 0 aliphatic carbocycles. The molecular weight excluding hydrogens is 456 g/mol. The second-order valence-electron chi connectivity index (χ2n) is 9.30. The van der Waals surface area contributed by atoms with Gasteiger partial charge in [0, 0.05) is 25.7 Å². The van der Waals surface area contributed by atoms with Crippen LogP contribution < -0.4 is 9.47 Å². The zero-order valence-corrected chi connectivity index (χ0v) is 21.3. The highest BCUT2D eigenvalue weighted by Gasteiger charge is 2.36. The first kappa shape index (κ1) is 25.8. The number of piperidine rings is 1. The number of rotatable bonds is 7. The maximum absolute atomic E-state index is 13.8. The van der Waals surface area contributed by atoms with Crippen molar-refractivity contribution in [2.75, 3.05) is 27.3 Å². The first-order valence-electron chi connectivity index (χ1n) is 11.3. The van der Waals surface area contributed by atoms with E-state index in [1.54, 1.807) is 36.3 Å². The number of benzene rings is 2. The van der Waals surface area contributed by atoms with E-state index in [2.05, 4.69) is 0 Å². The number of sulfonamides is 1. The molecule has 1 fully saturated rings. The van der Waals surface area contributed by atoms with Gasteiger partial charge in [-0.2, -0.15) is 4.31 Å². The van der Waals surface area contributed by atoms with Crippen molar-refractivity contribution in [3.8, 4) is 11.5 Å². The van der Waals surface area contributed by atoms with Crippen molar-refractivity contribution in [2.45, 2.75) is 56.7 Å². The van der Waals surface area contributed by atoms with Crippen LogP contribution in [-0.4, -0.2) is 62.7 Å². The molecule has 1 aliphatic rings. The fourth-order valence-electron chi connectivity index (χ4n) is 3.93. The Morgan fingerprint density at radius 2 is 1.74 bits per heavy atom. The van der Waals surface area contributed by atoms with Gasteiger partial charge in [0.25, 0.3) is 0 Å². The Morgan fingerprint density at radius 3 is 2.35 bits per heavy atom. The maximum Gasteiger partial charge on any atom is 0.410 e. The van der Waals surface area contributed by atoms with Crippen molar-refractivity contribution in [3.05, 3.63) is 54.1 Å². The van der Waals surface area contributed by atoms with Gasteiger partial charge in [0.15, 0.2) is 0 Å². The van der Waals surface area contributed by atoms with Gasteiger partial charge in [0.2, 0.25) is 10.0 Å². The minimum absolute atomic E-state index is 0.151. The van der Waals surface area contributed by atoms with Crippen LogP contribution >= 0.6 is 0 Å². The molecule has 1 heterocycles. The quantitative estimate of drug-likeness (QED) is 0.576. The summed E-state index contributed by atoms with van der Waals surface area (Å²) in [6, 6.07) is 13.3. The highest BCUT2D eigenvalue weighted by molar-refractivity contribution is 7.89. The molecule has 0 saturated carbocycles. The predicted molar refractivity (Wildman–Crippen MR) is 130 cm³/mol. The van der Waals surface area contributed by atoms with E-state index in [0.717, 1.165) is 5.56 Å². The van der Waals surface area contributed by atoms with Crippen LogP contribution in [0.4, 0.5) is 4.79 Å². The van der Waals surface area contributed by atoms with Crippen LogP contribution in [0.3, 0.4) is 0 Å². The molecule has 186 valence electrons. The van der Waals surface area contributed by atoms with Crippen LogP contribution in [0.15, 0.2) is 53.4 Å². The van der Waals surface area contributed by atoms with Gasteiger partial charge in [-0.25, -0.2) is 13.2 Å². The first-order valence-corrected chi connectivity index (χ1v) is 12.7. The monoisotopic (exact) mass is 490 g/mol. The average molecular weight is 491 g/mol. The zero-order chi connectivity index (χ0) is 24.9. The van der Waals surface area contributed by atoms with Crippen LogP contribution in [0.25, 0.3) is 0 Å². The summed E-state index contributed by atoms with van der Waals surface area (Å²) in [4.78, 5) is 14.5. The zero-order valence-electron chi connectivity index (χ0n) is 20.5. The van der Waals surface area contributed by atoms with Crippen LogP contribution in [-0.2, 0) is 21.3 Å². The Kier molecular flexibility index (Phi) is 8.09. The molecule has 0 aromatic heterocycles. The second kappa shape index (κ2) is 10.7. The highest BCUT2D eigenvalue weighted by Crippen LogP contribution is 2.28. The molecule has 2 aromatic rings. The molecule has 0 spiro atoms. The van der Waals surface area contributed by atoms with Crippen molar-refractivity contribution in [2.24, 2.45) is 0 Å². The molecule has 0 N–H and O–H groups in total. The van der Waals surface area contributed by atoms with E-state index in [4.69, 9.17) is 14.2 Å². The van der Waals surface area contributed by atoms with Gasteiger partial charge in [-0.05, 0) is 75.6 Å². The van der Waals surface area contributed by atoms with Crippen LogP contribution in [0.5, 0.6) is 11.5 Å². The lowest BCUT2D eigenvalue weighted by Crippen LogP contribution is -2.52. The number of carbonyl (C=O) groups is 1. The molecule has 3 rings (SSSR count). The number of likely N-dealkylation sites (tertiary alicyclic amines) is 1. The largest absolute Gasteiger partial charge is 0.497 e. The smallest absolute Gasteiger partial charge is 0.410 e. The van der Waals surface area contributed by atoms with Crippen molar-refractivity contribution in [3.63, 3.8) is 0 Å². The molecule has 1 saturated heterocycles. The summed E-state index contributed by atoms with van der Waals surface area (Å²) in [6.45, 7) is 6.38. The van der Waals surface area contributed by atoms with Crippen LogP contribution in [0, 0.1) is 0 Å². The van der Waals surface area contributed by atoms with Gasteiger partial charge in [0.1, 0.15) is 17.1 Å². The van der Waals surface area contributed by atoms with Gasteiger partial charge in [-0.15, -0.1) is 0 Å². The van der Waals surface area contributed by atoms with E-state index in [1.807, 2.05) is 45.0 Å². The highest BCUT2D eigenvalue weighted by atomic mass is 32.2. The fourth-order valence-corrected chi connectivity index (χ4v) is 5.56. The molecule has 1 atom stereocenters. The molecule has 34 heavy (non-hydrogen) atoms. The third kappa shape index (κ3) is 6.42. The topological polar surface area (TPSA) is 85.4 Å². The summed E-state index contributed by atoms with van der Waals surface area (Å²) in [7, 11) is -0.762. The lowest BCUT2D eigenvalue weighted by atomic mass is 10.1. The average Bonchev–Trinajstić information content (AvgIpc) is 2.81. The number of hydrogen-bond acceptors (Lipinski definition) is 6. The third-order valence-electron chi connectivity index (χ3n) is 5.59. The number of ether oxygens (including phenoxy) is 3. The van der Waals surface area contributed by atoms with E-state index in [0.29, 0.717) is 30.9 Å². The van der Waals surface area contributed by atoms with Crippen LogP contribution in [0.2, 0.25) is 0 Å². The predicted octanol–water partition coefficient (Wildman–Crippen LogP) is 4.29. The van der Waals surface area contributed by atoms with Gasteiger partial charge in [-0.3, -0.25) is 0 Å². The Balaban J connectivity index is 1.94. The molecule has 0 radical (unpaired) electrons. The van der Waals surface area contributed by atoms with Crippen molar-refractivity contribution in [1.82, 2.24) is 9.21 Å². The van der Waals surface area contributed by atoms with Gasteiger partial charge in [-0.1, -0.05) is 12.1 Å². The SMILES string of the molecule is COc1ccc(S(=O)(=O)N(Cc2cccc(OC)c2)C2CCCN(C(=O)OC(C)(C)C)C2)cc1. The Hall–Kier alpha value is -2.78. The van der Waals surface area contributed by atoms with E-state index >= 15 is 0 Å². The summed E-state index contributed by atoms with van der Waals surface area (Å²) >= 11 is 0. The standard InChI is InChI=1S/C25H34N2O6S/c1-25(2,3)33-24(28)26-15-7-9-20(18-26)27(17-19-8-6-10-22(16-19)32-5)34(29,30)23-13-11-21(31-4)12-14-23/h6,8,10-14,16,20H,7,9,15,17-18H2,1-5H3. The fraction of sp³-hybridized carbons (Fsp3) is 0.480. The third-order valence-corrected chi connectivity index (χ3v) is 7.51. The summed E-state index contributed by atoms with van der Waals surface area (Å²) in [6.07, 6.45) is 0.885. The van der Waals surface area contributed by atoms with E-state index in [9.17, 15) is 13.2 Å².